The molecule has 0 saturated carbocycles. The highest BCUT2D eigenvalue weighted by Crippen LogP contribution is 2.36. The molecule has 11 heteroatoms. The van der Waals surface area contributed by atoms with Gasteiger partial charge in [0.25, 0.3) is 5.91 Å². The number of likely N-dealkylation sites (tertiary alicyclic amines) is 1. The fraction of sp³-hybridized carbons (Fsp3) is 0.440. The van der Waals surface area contributed by atoms with Crippen molar-refractivity contribution in [3.05, 3.63) is 46.6 Å². The summed E-state index contributed by atoms with van der Waals surface area (Å²) in [7, 11) is 3.24. The van der Waals surface area contributed by atoms with Crippen LogP contribution in [-0.4, -0.2) is 69.1 Å². The van der Waals surface area contributed by atoms with E-state index in [0.717, 1.165) is 22.7 Å². The summed E-state index contributed by atoms with van der Waals surface area (Å²) in [5.74, 6) is -0.385. The zero-order valence-electron chi connectivity index (χ0n) is 21.0. The van der Waals surface area contributed by atoms with Crippen LogP contribution >= 0.6 is 15.9 Å². The second kappa shape index (κ2) is 10.0. The smallest absolute Gasteiger partial charge is 0.410 e. The first-order valence-corrected chi connectivity index (χ1v) is 12.5. The number of amides is 2. The lowest BCUT2D eigenvalue weighted by molar-refractivity contribution is 0.0189. The number of fused-ring (bicyclic) bond motifs is 1. The van der Waals surface area contributed by atoms with Crippen LogP contribution < -0.4 is 5.32 Å². The molecule has 0 bridgehead atoms. The summed E-state index contributed by atoms with van der Waals surface area (Å²) in [4.78, 5) is 36.5. The molecule has 4 rings (SSSR count). The number of carbonyl (C=O) groups is 2. The van der Waals surface area contributed by atoms with Gasteiger partial charge in [-0.15, -0.1) is 0 Å². The van der Waals surface area contributed by atoms with Gasteiger partial charge in [-0.05, 0) is 67.7 Å². The average Bonchev–Trinajstić information content (AvgIpc) is 3.16. The number of carbonyl (C=O) groups excluding carboxylic acids is 2. The molecule has 9 nitrogen and oxygen atoms in total. The molecule has 1 aliphatic heterocycles. The predicted octanol–water partition coefficient (Wildman–Crippen LogP) is 5.35. The summed E-state index contributed by atoms with van der Waals surface area (Å²) in [6, 6.07) is 4.44. The second-order valence-corrected chi connectivity index (χ2v) is 10.9. The molecule has 1 saturated heterocycles. The van der Waals surface area contributed by atoms with Crippen LogP contribution in [0.2, 0.25) is 0 Å². The zero-order chi connectivity index (χ0) is 26.2. The summed E-state index contributed by atoms with van der Waals surface area (Å²) in [5, 5.41) is 3.77. The molecule has 2 aromatic heterocycles. The highest BCUT2D eigenvalue weighted by Gasteiger charge is 2.29. The van der Waals surface area contributed by atoms with E-state index in [9.17, 15) is 14.0 Å². The third kappa shape index (κ3) is 5.45. The highest BCUT2D eigenvalue weighted by molar-refractivity contribution is 9.10. The molecule has 0 unspecified atom stereocenters. The average molecular weight is 561 g/mol. The maximum Gasteiger partial charge on any atom is 0.410 e. The summed E-state index contributed by atoms with van der Waals surface area (Å²) >= 11 is 3.61. The van der Waals surface area contributed by atoms with Crippen molar-refractivity contribution in [2.24, 2.45) is 0 Å². The number of benzene rings is 1. The van der Waals surface area contributed by atoms with Gasteiger partial charge in [-0.1, -0.05) is 0 Å². The summed E-state index contributed by atoms with van der Waals surface area (Å²) < 4.78 is 23.2. The van der Waals surface area contributed by atoms with Gasteiger partial charge in [0, 0.05) is 49.5 Å². The maximum atomic E-state index is 14.8. The predicted molar refractivity (Wildman–Crippen MR) is 139 cm³/mol. The molecule has 0 spiro atoms. The lowest BCUT2D eigenvalue weighted by Crippen LogP contribution is -2.42. The van der Waals surface area contributed by atoms with E-state index in [-0.39, 0.29) is 29.3 Å². The Bertz CT molecular complexity index is 1290. The standard InChI is InChI=1S/C25H30BrFN6O3/c1-25(2,3)36-24(35)32-10-8-16(9-11-32)33-13-17(26)20-21(28-14-29-22(20)33)30-19-7-6-15(12-18(19)27)23(34)31(4)5/h6-7,12-14,16H,8-11H2,1-5H3,(H,28,29,30). The number of anilines is 2. The minimum Gasteiger partial charge on any atom is -0.444 e. The SMILES string of the molecule is CN(C)C(=O)c1ccc(Nc2ncnc3c2c(Br)cn3C2CCN(C(=O)OC(C)(C)C)CC2)c(F)c1. The van der Waals surface area contributed by atoms with Crippen molar-refractivity contribution in [1.29, 1.82) is 0 Å². The van der Waals surface area contributed by atoms with Crippen LogP contribution in [0, 0.1) is 5.82 Å². The lowest BCUT2D eigenvalue weighted by Gasteiger charge is -2.34. The third-order valence-electron chi connectivity index (χ3n) is 5.95. The number of nitrogens with zero attached hydrogens (tertiary/aromatic N) is 5. The highest BCUT2D eigenvalue weighted by atomic mass is 79.9. The number of ether oxygens (including phenoxy) is 1. The first-order valence-electron chi connectivity index (χ1n) is 11.7. The largest absolute Gasteiger partial charge is 0.444 e. The lowest BCUT2D eigenvalue weighted by atomic mass is 10.1. The Hall–Kier alpha value is -3.21. The molecule has 0 atom stereocenters. The molecule has 0 radical (unpaired) electrons. The van der Waals surface area contributed by atoms with Gasteiger partial charge in [-0.3, -0.25) is 4.79 Å². The molecule has 1 aliphatic rings. The number of nitrogens with one attached hydrogen (secondary N) is 1. The van der Waals surface area contributed by atoms with E-state index in [1.807, 2.05) is 27.0 Å². The fourth-order valence-electron chi connectivity index (χ4n) is 4.20. The third-order valence-corrected chi connectivity index (χ3v) is 6.55. The van der Waals surface area contributed by atoms with Crippen LogP contribution in [0.5, 0.6) is 0 Å². The summed E-state index contributed by atoms with van der Waals surface area (Å²) in [5.41, 5.74) is 0.642. The van der Waals surface area contributed by atoms with Gasteiger partial charge in [-0.25, -0.2) is 19.2 Å². The van der Waals surface area contributed by atoms with E-state index in [2.05, 4.69) is 35.8 Å². The van der Waals surface area contributed by atoms with Gasteiger partial charge in [0.1, 0.15) is 29.2 Å². The number of hydrogen-bond acceptors (Lipinski definition) is 6. The molecule has 0 aliphatic carbocycles. The van der Waals surface area contributed by atoms with Crippen LogP contribution in [0.1, 0.15) is 50.0 Å². The summed E-state index contributed by atoms with van der Waals surface area (Å²) in [6.07, 6.45) is 4.59. The van der Waals surface area contributed by atoms with Gasteiger partial charge >= 0.3 is 6.09 Å². The Balaban J connectivity index is 1.54. The van der Waals surface area contributed by atoms with Crippen molar-refractivity contribution in [2.45, 2.75) is 45.3 Å². The van der Waals surface area contributed by atoms with E-state index in [4.69, 9.17) is 4.74 Å². The van der Waals surface area contributed by atoms with Crippen LogP contribution in [-0.2, 0) is 4.74 Å². The van der Waals surface area contributed by atoms with Crippen molar-refractivity contribution < 1.29 is 18.7 Å². The van der Waals surface area contributed by atoms with Gasteiger partial charge < -0.3 is 24.4 Å². The van der Waals surface area contributed by atoms with Gasteiger partial charge in [0.05, 0.1) is 11.1 Å². The number of piperidine rings is 1. The Morgan fingerprint density at radius 3 is 2.50 bits per heavy atom. The minimum atomic E-state index is -0.556. The Morgan fingerprint density at radius 1 is 1.19 bits per heavy atom. The van der Waals surface area contributed by atoms with Crippen molar-refractivity contribution in [3.8, 4) is 0 Å². The fourth-order valence-corrected chi connectivity index (χ4v) is 4.79. The molecule has 1 fully saturated rings. The second-order valence-electron chi connectivity index (χ2n) is 10.0. The first kappa shape index (κ1) is 25.9. The van der Waals surface area contributed by atoms with Crippen LogP contribution in [0.15, 0.2) is 35.2 Å². The zero-order valence-corrected chi connectivity index (χ0v) is 22.6. The molecule has 192 valence electrons. The van der Waals surface area contributed by atoms with Crippen molar-refractivity contribution in [3.63, 3.8) is 0 Å². The van der Waals surface area contributed by atoms with Crippen molar-refractivity contribution in [2.75, 3.05) is 32.5 Å². The Kier molecular flexibility index (Phi) is 7.21. The van der Waals surface area contributed by atoms with Gasteiger partial charge in [-0.2, -0.15) is 0 Å². The molecular weight excluding hydrogens is 531 g/mol. The number of rotatable bonds is 4. The number of hydrogen-bond donors (Lipinski definition) is 1. The van der Waals surface area contributed by atoms with E-state index in [0.29, 0.717) is 24.6 Å². The topological polar surface area (TPSA) is 92.6 Å². The van der Waals surface area contributed by atoms with Crippen molar-refractivity contribution in [1.82, 2.24) is 24.3 Å². The quantitative estimate of drug-likeness (QED) is 0.462. The molecule has 1 aromatic carbocycles. The Morgan fingerprint density at radius 2 is 1.89 bits per heavy atom. The number of aromatic nitrogens is 3. The normalized spacial score (nSPS) is 14.7. The molecule has 2 amide bonds. The van der Waals surface area contributed by atoms with E-state index in [1.165, 1.54) is 23.4 Å². The van der Waals surface area contributed by atoms with Crippen LogP contribution in [0.4, 0.5) is 20.7 Å². The van der Waals surface area contributed by atoms with Crippen molar-refractivity contribution >= 4 is 50.5 Å². The Labute approximate surface area is 217 Å². The maximum absolute atomic E-state index is 14.8. The molecule has 36 heavy (non-hydrogen) atoms. The van der Waals surface area contributed by atoms with E-state index >= 15 is 0 Å². The first-order chi connectivity index (χ1) is 16.9. The molecular formula is C25H30BrFN6O3. The minimum absolute atomic E-state index is 0.133. The van der Waals surface area contributed by atoms with Crippen LogP contribution in [0.3, 0.4) is 0 Å². The summed E-state index contributed by atoms with van der Waals surface area (Å²) in [6.45, 7) is 6.73. The van der Waals surface area contributed by atoms with Gasteiger partial charge in [0.15, 0.2) is 0 Å². The molecule has 3 heterocycles. The molecule has 1 N–H and O–H groups in total. The number of halogens is 2. The molecule has 3 aromatic rings. The van der Waals surface area contributed by atoms with E-state index in [1.54, 1.807) is 25.1 Å². The van der Waals surface area contributed by atoms with E-state index < -0.39 is 11.4 Å². The van der Waals surface area contributed by atoms with Gasteiger partial charge in [0.2, 0.25) is 0 Å². The monoisotopic (exact) mass is 560 g/mol. The van der Waals surface area contributed by atoms with Crippen LogP contribution in [0.25, 0.3) is 11.0 Å².